The first-order valence-corrected chi connectivity index (χ1v) is 8.77. The molecule has 0 spiro atoms. The van der Waals surface area contributed by atoms with Crippen LogP contribution >= 0.6 is 11.6 Å². The minimum absolute atomic E-state index is 0.458. The largest absolute Gasteiger partial charge is 0.488 e. The number of para-hydroxylation sites is 1. The van der Waals surface area contributed by atoms with Gasteiger partial charge in [-0.3, -0.25) is 0 Å². The average molecular weight is 352 g/mol. The van der Waals surface area contributed by atoms with E-state index in [-0.39, 0.29) is 0 Å². The van der Waals surface area contributed by atoms with Gasteiger partial charge in [0.15, 0.2) is 0 Å². The van der Waals surface area contributed by atoms with Gasteiger partial charge >= 0.3 is 0 Å². The summed E-state index contributed by atoms with van der Waals surface area (Å²) in [6.45, 7) is 5.43. The summed E-state index contributed by atoms with van der Waals surface area (Å²) in [7, 11) is 0. The summed E-state index contributed by atoms with van der Waals surface area (Å²) < 4.78 is 6.02. The van der Waals surface area contributed by atoms with Crippen LogP contribution in [0, 0.1) is 13.8 Å². The van der Waals surface area contributed by atoms with E-state index >= 15 is 0 Å². The van der Waals surface area contributed by atoms with Crippen LogP contribution in [0.4, 0.5) is 5.69 Å². The van der Waals surface area contributed by atoms with E-state index in [1.165, 1.54) is 11.1 Å². The third kappa shape index (κ3) is 4.34. The van der Waals surface area contributed by atoms with E-state index in [1.54, 1.807) is 0 Å². The Kier molecular flexibility index (Phi) is 5.62. The quantitative estimate of drug-likeness (QED) is 0.575. The van der Waals surface area contributed by atoms with Crippen molar-refractivity contribution < 1.29 is 4.74 Å². The Labute approximate surface area is 154 Å². The van der Waals surface area contributed by atoms with Crippen LogP contribution in [0.1, 0.15) is 22.3 Å². The van der Waals surface area contributed by atoms with Gasteiger partial charge < -0.3 is 10.1 Å². The van der Waals surface area contributed by atoms with Gasteiger partial charge in [0.1, 0.15) is 12.4 Å². The molecule has 0 bridgehead atoms. The number of benzene rings is 3. The lowest BCUT2D eigenvalue weighted by Crippen LogP contribution is -2.05. The number of nitrogens with one attached hydrogen (secondary N) is 1. The number of hydrogen-bond acceptors (Lipinski definition) is 2. The van der Waals surface area contributed by atoms with E-state index in [0.717, 1.165) is 27.6 Å². The molecule has 0 saturated heterocycles. The minimum atomic E-state index is 0.458. The first-order valence-electron chi connectivity index (χ1n) is 8.39. The van der Waals surface area contributed by atoms with Gasteiger partial charge in [0.25, 0.3) is 0 Å². The topological polar surface area (TPSA) is 21.3 Å². The second-order valence-electron chi connectivity index (χ2n) is 6.09. The highest BCUT2D eigenvalue weighted by molar-refractivity contribution is 6.31. The molecule has 0 fully saturated rings. The summed E-state index contributed by atoms with van der Waals surface area (Å²) in [6.07, 6.45) is 0. The Bertz CT molecular complexity index is 860. The second-order valence-corrected chi connectivity index (χ2v) is 6.50. The third-order valence-electron chi connectivity index (χ3n) is 4.39. The van der Waals surface area contributed by atoms with Gasteiger partial charge in [0, 0.05) is 28.4 Å². The number of ether oxygens (including phenoxy) is 1. The third-order valence-corrected chi connectivity index (χ3v) is 4.76. The van der Waals surface area contributed by atoms with Gasteiger partial charge in [-0.1, -0.05) is 60.1 Å². The molecular formula is C22H22ClNO. The molecule has 0 aromatic heterocycles. The first-order chi connectivity index (χ1) is 12.1. The minimum Gasteiger partial charge on any atom is -0.488 e. The number of aryl methyl sites for hydroxylation is 1. The summed E-state index contributed by atoms with van der Waals surface area (Å²) in [6, 6.07) is 22.2. The van der Waals surface area contributed by atoms with Crippen molar-refractivity contribution in [1.82, 2.24) is 0 Å². The lowest BCUT2D eigenvalue weighted by atomic mass is 10.1. The fourth-order valence-corrected chi connectivity index (χ4v) is 2.88. The zero-order chi connectivity index (χ0) is 17.6. The van der Waals surface area contributed by atoms with Crippen molar-refractivity contribution >= 4 is 17.3 Å². The van der Waals surface area contributed by atoms with Gasteiger partial charge in [0.05, 0.1) is 0 Å². The predicted molar refractivity (Wildman–Crippen MR) is 105 cm³/mol. The van der Waals surface area contributed by atoms with Gasteiger partial charge in [-0.2, -0.15) is 0 Å². The van der Waals surface area contributed by atoms with Crippen LogP contribution in [0.15, 0.2) is 66.7 Å². The Hall–Kier alpha value is -2.45. The molecular weight excluding hydrogens is 330 g/mol. The van der Waals surface area contributed by atoms with Gasteiger partial charge in [0.2, 0.25) is 0 Å². The molecule has 0 heterocycles. The molecule has 0 aliphatic heterocycles. The molecule has 0 aliphatic carbocycles. The normalized spacial score (nSPS) is 10.5. The Morgan fingerprint density at radius 2 is 1.56 bits per heavy atom. The average Bonchev–Trinajstić information content (AvgIpc) is 2.63. The van der Waals surface area contributed by atoms with E-state index in [4.69, 9.17) is 16.3 Å². The number of rotatable bonds is 6. The highest BCUT2D eigenvalue weighted by Crippen LogP contribution is 2.24. The van der Waals surface area contributed by atoms with Crippen molar-refractivity contribution in [1.29, 1.82) is 0 Å². The monoisotopic (exact) mass is 351 g/mol. The molecule has 2 nitrogen and oxygen atoms in total. The zero-order valence-corrected chi connectivity index (χ0v) is 15.3. The van der Waals surface area contributed by atoms with E-state index in [0.29, 0.717) is 13.2 Å². The Morgan fingerprint density at radius 3 is 2.36 bits per heavy atom. The van der Waals surface area contributed by atoms with Gasteiger partial charge in [-0.15, -0.1) is 0 Å². The molecule has 0 amide bonds. The SMILES string of the molecule is Cc1cccc(NCc2ccccc2OCc2ccccc2Cl)c1C. The highest BCUT2D eigenvalue weighted by Gasteiger charge is 2.06. The molecule has 0 saturated carbocycles. The van der Waals surface area contributed by atoms with Crippen molar-refractivity contribution in [3.63, 3.8) is 0 Å². The molecule has 0 unspecified atom stereocenters. The molecule has 0 aliphatic rings. The van der Waals surface area contributed by atoms with Crippen molar-refractivity contribution in [3.05, 3.63) is 94.0 Å². The van der Waals surface area contributed by atoms with E-state index < -0.39 is 0 Å². The number of halogens is 1. The van der Waals surface area contributed by atoms with Crippen LogP contribution in [0.2, 0.25) is 5.02 Å². The lowest BCUT2D eigenvalue weighted by molar-refractivity contribution is 0.303. The maximum absolute atomic E-state index is 6.21. The lowest BCUT2D eigenvalue weighted by Gasteiger charge is -2.15. The van der Waals surface area contributed by atoms with Crippen LogP contribution in [0.3, 0.4) is 0 Å². The van der Waals surface area contributed by atoms with E-state index in [2.05, 4.69) is 43.4 Å². The number of hydrogen-bond donors (Lipinski definition) is 1. The van der Waals surface area contributed by atoms with Gasteiger partial charge in [-0.05, 0) is 43.2 Å². The molecule has 25 heavy (non-hydrogen) atoms. The fraction of sp³-hybridized carbons (Fsp3) is 0.182. The molecule has 3 aromatic rings. The second kappa shape index (κ2) is 8.09. The van der Waals surface area contributed by atoms with Crippen molar-refractivity contribution in [2.45, 2.75) is 27.0 Å². The van der Waals surface area contributed by atoms with Crippen LogP contribution in [0.5, 0.6) is 5.75 Å². The van der Waals surface area contributed by atoms with Crippen LogP contribution < -0.4 is 10.1 Å². The molecule has 3 rings (SSSR count). The summed E-state index contributed by atoms with van der Waals surface area (Å²) in [5.41, 5.74) is 5.82. The van der Waals surface area contributed by atoms with Crippen molar-refractivity contribution in [2.24, 2.45) is 0 Å². The van der Waals surface area contributed by atoms with E-state index in [9.17, 15) is 0 Å². The van der Waals surface area contributed by atoms with Gasteiger partial charge in [-0.25, -0.2) is 0 Å². The molecule has 3 heteroatoms. The molecule has 128 valence electrons. The highest BCUT2D eigenvalue weighted by atomic mass is 35.5. The predicted octanol–water partition coefficient (Wildman–Crippen LogP) is 6.15. The fourth-order valence-electron chi connectivity index (χ4n) is 2.69. The van der Waals surface area contributed by atoms with Crippen LogP contribution in [0.25, 0.3) is 0 Å². The smallest absolute Gasteiger partial charge is 0.124 e. The van der Waals surface area contributed by atoms with Crippen LogP contribution in [-0.2, 0) is 13.2 Å². The number of anilines is 1. The summed E-state index contributed by atoms with van der Waals surface area (Å²) in [5, 5.41) is 4.24. The summed E-state index contributed by atoms with van der Waals surface area (Å²) in [5.74, 6) is 0.875. The maximum Gasteiger partial charge on any atom is 0.124 e. The Balaban J connectivity index is 1.70. The first kappa shape index (κ1) is 17.4. The Morgan fingerprint density at radius 1 is 0.840 bits per heavy atom. The van der Waals surface area contributed by atoms with Crippen molar-refractivity contribution in [2.75, 3.05) is 5.32 Å². The van der Waals surface area contributed by atoms with E-state index in [1.807, 2.05) is 42.5 Å². The molecule has 1 N–H and O–H groups in total. The molecule has 0 radical (unpaired) electrons. The zero-order valence-electron chi connectivity index (χ0n) is 14.6. The molecule has 0 atom stereocenters. The van der Waals surface area contributed by atoms with Crippen molar-refractivity contribution in [3.8, 4) is 5.75 Å². The summed E-state index contributed by atoms with van der Waals surface area (Å²) >= 11 is 6.21. The van der Waals surface area contributed by atoms with Crippen LogP contribution in [-0.4, -0.2) is 0 Å². The summed E-state index contributed by atoms with van der Waals surface area (Å²) in [4.78, 5) is 0. The maximum atomic E-state index is 6.21. The molecule has 3 aromatic carbocycles. The standard InChI is InChI=1S/C22H22ClNO/c1-16-8-7-12-21(17(16)2)24-14-18-9-4-6-13-22(18)25-15-19-10-3-5-11-20(19)23/h3-13,24H,14-15H2,1-2H3.